The van der Waals surface area contributed by atoms with Gasteiger partial charge >= 0.3 is 6.03 Å². The Labute approximate surface area is 165 Å². The molecule has 0 saturated carbocycles. The van der Waals surface area contributed by atoms with Crippen LogP contribution in [0.1, 0.15) is 45.6 Å². The smallest absolute Gasteiger partial charge is 0.325 e. The molecule has 0 bridgehead atoms. The first-order valence-electron chi connectivity index (χ1n) is 9.62. The second-order valence-electron chi connectivity index (χ2n) is 6.92. The van der Waals surface area contributed by atoms with Crippen LogP contribution in [-0.2, 0) is 19.9 Å². The van der Waals surface area contributed by atoms with E-state index < -0.39 is 36.0 Å². The van der Waals surface area contributed by atoms with Gasteiger partial charge in [0.1, 0.15) is 18.1 Å². The number of hydrogen-bond donors (Lipinski definition) is 3. The number of rotatable bonds is 9. The van der Waals surface area contributed by atoms with Gasteiger partial charge in [-0.1, -0.05) is 50.6 Å². The van der Waals surface area contributed by atoms with Gasteiger partial charge in [-0.25, -0.2) is 4.79 Å². The fraction of sp³-hybridized carbons (Fsp3) is 0.500. The quantitative estimate of drug-likeness (QED) is 0.554. The van der Waals surface area contributed by atoms with Crippen molar-refractivity contribution in [1.82, 2.24) is 20.9 Å². The molecule has 2 atom stereocenters. The lowest BCUT2D eigenvalue weighted by Crippen LogP contribution is -2.49. The predicted octanol–water partition coefficient (Wildman–Crippen LogP) is 1.26. The number of imide groups is 1. The third-order valence-corrected chi connectivity index (χ3v) is 4.69. The van der Waals surface area contributed by atoms with E-state index in [9.17, 15) is 19.2 Å². The monoisotopic (exact) mass is 388 g/mol. The Bertz CT molecular complexity index is 737. The third-order valence-electron chi connectivity index (χ3n) is 4.69. The normalized spacial score (nSPS) is 19.9. The highest BCUT2D eigenvalue weighted by Crippen LogP contribution is 2.33. The number of amides is 5. The van der Waals surface area contributed by atoms with Crippen molar-refractivity contribution in [3.63, 3.8) is 0 Å². The van der Waals surface area contributed by atoms with E-state index in [-0.39, 0.29) is 5.91 Å². The Hall–Kier alpha value is -2.90. The number of carbonyl (C=O) groups is 4. The van der Waals surface area contributed by atoms with E-state index in [0.717, 1.165) is 11.3 Å². The molecule has 152 valence electrons. The summed E-state index contributed by atoms with van der Waals surface area (Å²) < 4.78 is 0. The summed E-state index contributed by atoms with van der Waals surface area (Å²) in [6, 6.07) is 7.65. The van der Waals surface area contributed by atoms with Crippen LogP contribution in [0.3, 0.4) is 0 Å². The SMILES string of the molecule is CCCNC(=O)[C@H](C)NC(=O)CN1C(=O)N[C@](CCC)(c2ccccc2)C1=O. The molecule has 2 rings (SSSR count). The van der Waals surface area contributed by atoms with Gasteiger partial charge in [0.15, 0.2) is 0 Å². The zero-order valence-corrected chi connectivity index (χ0v) is 16.6. The van der Waals surface area contributed by atoms with Crippen molar-refractivity contribution in [2.24, 2.45) is 0 Å². The number of nitrogens with zero attached hydrogens (tertiary/aromatic N) is 1. The van der Waals surface area contributed by atoms with E-state index in [4.69, 9.17) is 0 Å². The standard InChI is InChI=1S/C20H28N4O4/c1-4-11-20(15-9-7-6-8-10-15)18(27)24(19(28)23-20)13-16(25)22-14(3)17(26)21-12-5-2/h6-10,14H,4-5,11-13H2,1-3H3,(H,21,26)(H,22,25)(H,23,28)/t14-,20+/m0/s1. The number of urea groups is 1. The molecule has 0 unspecified atom stereocenters. The lowest BCUT2D eigenvalue weighted by atomic mass is 9.85. The highest BCUT2D eigenvalue weighted by Gasteiger charge is 2.52. The summed E-state index contributed by atoms with van der Waals surface area (Å²) in [5.74, 6) is -1.33. The fourth-order valence-electron chi connectivity index (χ4n) is 3.27. The predicted molar refractivity (Wildman–Crippen MR) is 104 cm³/mol. The van der Waals surface area contributed by atoms with Crippen molar-refractivity contribution < 1.29 is 19.2 Å². The van der Waals surface area contributed by atoms with Gasteiger partial charge in [-0.15, -0.1) is 0 Å². The van der Waals surface area contributed by atoms with Crippen LogP contribution in [0.15, 0.2) is 30.3 Å². The molecular formula is C20H28N4O4. The van der Waals surface area contributed by atoms with Crippen LogP contribution in [0.5, 0.6) is 0 Å². The van der Waals surface area contributed by atoms with Crippen LogP contribution in [0.4, 0.5) is 4.79 Å². The molecule has 3 N–H and O–H groups in total. The Kier molecular flexibility index (Phi) is 7.14. The number of benzene rings is 1. The van der Waals surface area contributed by atoms with Crippen molar-refractivity contribution in [3.8, 4) is 0 Å². The molecule has 0 radical (unpaired) electrons. The molecule has 0 spiro atoms. The van der Waals surface area contributed by atoms with Gasteiger partial charge in [0.2, 0.25) is 11.8 Å². The van der Waals surface area contributed by atoms with Crippen LogP contribution >= 0.6 is 0 Å². The van der Waals surface area contributed by atoms with Crippen LogP contribution in [0.25, 0.3) is 0 Å². The Balaban J connectivity index is 2.10. The highest BCUT2D eigenvalue weighted by molar-refractivity contribution is 6.09. The largest absolute Gasteiger partial charge is 0.354 e. The zero-order chi connectivity index (χ0) is 20.7. The van der Waals surface area contributed by atoms with Crippen LogP contribution < -0.4 is 16.0 Å². The summed E-state index contributed by atoms with van der Waals surface area (Å²) in [4.78, 5) is 50.7. The molecule has 1 aliphatic heterocycles. The molecule has 8 nitrogen and oxygen atoms in total. The second-order valence-corrected chi connectivity index (χ2v) is 6.92. The number of carbonyl (C=O) groups excluding carboxylic acids is 4. The minimum atomic E-state index is -1.17. The molecule has 5 amide bonds. The average Bonchev–Trinajstić information content (AvgIpc) is 2.92. The summed E-state index contributed by atoms with van der Waals surface area (Å²) in [5.41, 5.74) is -0.484. The molecule has 1 fully saturated rings. The lowest BCUT2D eigenvalue weighted by Gasteiger charge is -2.27. The first-order valence-corrected chi connectivity index (χ1v) is 9.62. The minimum Gasteiger partial charge on any atom is -0.354 e. The maximum absolute atomic E-state index is 13.1. The van der Waals surface area contributed by atoms with E-state index in [1.54, 1.807) is 31.2 Å². The van der Waals surface area contributed by atoms with Crippen molar-refractivity contribution >= 4 is 23.8 Å². The van der Waals surface area contributed by atoms with Gasteiger partial charge in [0.05, 0.1) is 0 Å². The van der Waals surface area contributed by atoms with Crippen molar-refractivity contribution in [3.05, 3.63) is 35.9 Å². The molecular weight excluding hydrogens is 360 g/mol. The second kappa shape index (κ2) is 9.34. The zero-order valence-electron chi connectivity index (χ0n) is 16.6. The third kappa shape index (κ3) is 4.49. The van der Waals surface area contributed by atoms with Gasteiger partial charge in [-0.3, -0.25) is 19.3 Å². The Morgan fingerprint density at radius 1 is 1.14 bits per heavy atom. The Morgan fingerprint density at radius 3 is 2.43 bits per heavy atom. The summed E-state index contributed by atoms with van der Waals surface area (Å²) in [6.07, 6.45) is 1.89. The van der Waals surface area contributed by atoms with Crippen molar-refractivity contribution in [2.75, 3.05) is 13.1 Å². The summed E-state index contributed by atoms with van der Waals surface area (Å²) >= 11 is 0. The maximum atomic E-state index is 13.1. The van der Waals surface area contributed by atoms with E-state index in [0.29, 0.717) is 24.9 Å². The average molecular weight is 388 g/mol. The van der Waals surface area contributed by atoms with Crippen LogP contribution in [-0.4, -0.2) is 47.8 Å². The molecule has 1 aromatic carbocycles. The minimum absolute atomic E-state index is 0.308. The van der Waals surface area contributed by atoms with Gasteiger partial charge in [-0.2, -0.15) is 0 Å². The Morgan fingerprint density at radius 2 is 1.82 bits per heavy atom. The van der Waals surface area contributed by atoms with Gasteiger partial charge in [-0.05, 0) is 25.3 Å². The molecule has 1 aromatic rings. The van der Waals surface area contributed by atoms with Crippen molar-refractivity contribution in [2.45, 2.75) is 51.6 Å². The van der Waals surface area contributed by atoms with E-state index in [1.807, 2.05) is 19.9 Å². The molecule has 1 heterocycles. The van der Waals surface area contributed by atoms with Crippen LogP contribution in [0, 0.1) is 0 Å². The summed E-state index contributed by atoms with van der Waals surface area (Å²) in [5, 5.41) is 7.99. The van der Waals surface area contributed by atoms with Crippen molar-refractivity contribution in [1.29, 1.82) is 0 Å². The molecule has 0 aromatic heterocycles. The summed E-state index contributed by atoms with van der Waals surface area (Å²) in [6.45, 7) is 5.49. The molecule has 8 heteroatoms. The van der Waals surface area contributed by atoms with Gasteiger partial charge in [0.25, 0.3) is 5.91 Å². The number of hydrogen-bond acceptors (Lipinski definition) is 4. The first kappa shape index (κ1) is 21.4. The van der Waals surface area contributed by atoms with E-state index >= 15 is 0 Å². The first-order chi connectivity index (χ1) is 13.4. The fourth-order valence-corrected chi connectivity index (χ4v) is 3.27. The molecule has 28 heavy (non-hydrogen) atoms. The van der Waals surface area contributed by atoms with E-state index in [2.05, 4.69) is 16.0 Å². The van der Waals surface area contributed by atoms with Gasteiger partial charge < -0.3 is 16.0 Å². The highest BCUT2D eigenvalue weighted by atomic mass is 16.2. The maximum Gasteiger partial charge on any atom is 0.325 e. The number of nitrogens with one attached hydrogen (secondary N) is 3. The van der Waals surface area contributed by atoms with E-state index in [1.165, 1.54) is 0 Å². The van der Waals surface area contributed by atoms with Gasteiger partial charge in [0, 0.05) is 6.54 Å². The van der Waals surface area contributed by atoms with Crippen LogP contribution in [0.2, 0.25) is 0 Å². The topological polar surface area (TPSA) is 108 Å². The molecule has 1 aliphatic rings. The summed E-state index contributed by atoms with van der Waals surface area (Å²) in [7, 11) is 0. The lowest BCUT2D eigenvalue weighted by molar-refractivity contribution is -0.136. The molecule has 0 aliphatic carbocycles. The molecule has 1 saturated heterocycles.